The van der Waals surface area contributed by atoms with E-state index in [9.17, 15) is 4.79 Å². The third kappa shape index (κ3) is 3.81. The zero-order valence-electron chi connectivity index (χ0n) is 12.7. The van der Waals surface area contributed by atoms with Crippen molar-refractivity contribution in [1.82, 2.24) is 15.2 Å². The first-order valence-electron chi connectivity index (χ1n) is 7.80. The molecule has 0 bridgehead atoms. The molecule has 1 aromatic rings. The molecule has 3 rings (SSSR count). The number of rotatable bonds is 3. The molecule has 3 heterocycles. The Hall–Kier alpha value is -0.980. The lowest BCUT2D eigenvalue weighted by Gasteiger charge is -2.45. The first-order valence-corrected chi connectivity index (χ1v) is 8.68. The van der Waals surface area contributed by atoms with Crippen molar-refractivity contribution in [1.29, 1.82) is 0 Å². The summed E-state index contributed by atoms with van der Waals surface area (Å²) in [5, 5.41) is 9.10. The standard InChI is InChI=1S/C15H24N4OS/c1-12(20)17-14-18-13(9-21-14)8-19-7-3-5-15(11-19)4-2-6-16-10-15/h9,16H,2-8,10-11H2,1H3,(H,17,18,20). The maximum Gasteiger partial charge on any atom is 0.223 e. The minimum absolute atomic E-state index is 0.0545. The Bertz CT molecular complexity index is 490. The van der Waals surface area contributed by atoms with Gasteiger partial charge in [-0.1, -0.05) is 0 Å². The average Bonchev–Trinajstić information content (AvgIpc) is 2.86. The number of carbonyl (C=O) groups is 1. The number of hydrogen-bond donors (Lipinski definition) is 2. The fraction of sp³-hybridized carbons (Fsp3) is 0.733. The van der Waals surface area contributed by atoms with E-state index in [-0.39, 0.29) is 5.91 Å². The van der Waals surface area contributed by atoms with Gasteiger partial charge in [0.2, 0.25) is 5.91 Å². The summed E-state index contributed by atoms with van der Waals surface area (Å²) in [5.74, 6) is -0.0545. The van der Waals surface area contributed by atoms with Crippen LogP contribution in [0.25, 0.3) is 0 Å². The van der Waals surface area contributed by atoms with Gasteiger partial charge < -0.3 is 10.6 Å². The van der Waals surface area contributed by atoms with Crippen molar-refractivity contribution >= 4 is 22.4 Å². The van der Waals surface area contributed by atoms with Gasteiger partial charge in [-0.25, -0.2) is 4.98 Å². The lowest BCUT2D eigenvalue weighted by molar-refractivity contribution is -0.114. The van der Waals surface area contributed by atoms with Gasteiger partial charge in [0.15, 0.2) is 5.13 Å². The highest BCUT2D eigenvalue weighted by Crippen LogP contribution is 2.36. The highest BCUT2D eigenvalue weighted by atomic mass is 32.1. The van der Waals surface area contributed by atoms with Crippen LogP contribution in [0.4, 0.5) is 5.13 Å². The minimum atomic E-state index is -0.0545. The van der Waals surface area contributed by atoms with Crippen LogP contribution in [0.5, 0.6) is 0 Å². The highest BCUT2D eigenvalue weighted by molar-refractivity contribution is 7.13. The molecule has 6 heteroatoms. The Morgan fingerprint density at radius 3 is 3.14 bits per heavy atom. The van der Waals surface area contributed by atoms with Gasteiger partial charge in [-0.05, 0) is 44.2 Å². The van der Waals surface area contributed by atoms with E-state index in [1.165, 1.54) is 57.0 Å². The van der Waals surface area contributed by atoms with E-state index in [4.69, 9.17) is 0 Å². The van der Waals surface area contributed by atoms with E-state index in [1.807, 2.05) is 0 Å². The predicted molar refractivity (Wildman–Crippen MR) is 85.5 cm³/mol. The van der Waals surface area contributed by atoms with E-state index in [0.717, 1.165) is 25.3 Å². The number of nitrogens with zero attached hydrogens (tertiary/aromatic N) is 2. The van der Waals surface area contributed by atoms with E-state index >= 15 is 0 Å². The molecule has 116 valence electrons. The van der Waals surface area contributed by atoms with Gasteiger partial charge in [-0.3, -0.25) is 9.69 Å². The van der Waals surface area contributed by atoms with Crippen LogP contribution in [0.1, 0.15) is 38.3 Å². The Morgan fingerprint density at radius 2 is 2.38 bits per heavy atom. The molecule has 1 spiro atoms. The van der Waals surface area contributed by atoms with E-state index in [2.05, 4.69) is 25.9 Å². The van der Waals surface area contributed by atoms with Crippen molar-refractivity contribution in [2.45, 2.75) is 39.2 Å². The minimum Gasteiger partial charge on any atom is -0.316 e. The zero-order chi connectivity index (χ0) is 14.7. The number of hydrogen-bond acceptors (Lipinski definition) is 5. The fourth-order valence-corrected chi connectivity index (χ4v) is 4.39. The molecule has 0 aromatic carbocycles. The van der Waals surface area contributed by atoms with Crippen molar-refractivity contribution in [2.24, 2.45) is 5.41 Å². The second-order valence-corrected chi connectivity index (χ2v) is 7.28. The average molecular weight is 308 g/mol. The van der Waals surface area contributed by atoms with Crippen molar-refractivity contribution in [2.75, 3.05) is 31.5 Å². The Kier molecular flexibility index (Phi) is 4.57. The molecule has 2 aliphatic rings. The van der Waals surface area contributed by atoms with Crippen molar-refractivity contribution in [3.8, 4) is 0 Å². The summed E-state index contributed by atoms with van der Waals surface area (Å²) >= 11 is 1.51. The van der Waals surface area contributed by atoms with E-state index < -0.39 is 0 Å². The van der Waals surface area contributed by atoms with Crippen molar-refractivity contribution in [3.05, 3.63) is 11.1 Å². The van der Waals surface area contributed by atoms with Crippen LogP contribution in [0, 0.1) is 5.41 Å². The summed E-state index contributed by atoms with van der Waals surface area (Å²) in [6.45, 7) is 7.09. The van der Waals surface area contributed by atoms with Gasteiger partial charge in [0.25, 0.3) is 0 Å². The van der Waals surface area contributed by atoms with Crippen LogP contribution < -0.4 is 10.6 Å². The highest BCUT2D eigenvalue weighted by Gasteiger charge is 2.36. The third-order valence-corrected chi connectivity index (χ3v) is 5.33. The summed E-state index contributed by atoms with van der Waals surface area (Å²) < 4.78 is 0. The van der Waals surface area contributed by atoms with Crippen LogP contribution >= 0.6 is 11.3 Å². The Labute approximate surface area is 130 Å². The number of carbonyl (C=O) groups excluding carboxylic acids is 1. The third-order valence-electron chi connectivity index (χ3n) is 4.52. The van der Waals surface area contributed by atoms with Crippen LogP contribution in [0.2, 0.25) is 0 Å². The number of aromatic nitrogens is 1. The molecule has 2 saturated heterocycles. The van der Waals surface area contributed by atoms with Crippen LogP contribution in [0.15, 0.2) is 5.38 Å². The van der Waals surface area contributed by atoms with Crippen molar-refractivity contribution in [3.63, 3.8) is 0 Å². The second-order valence-electron chi connectivity index (χ2n) is 6.42. The molecule has 0 aliphatic carbocycles. The first kappa shape index (κ1) is 14.9. The lowest BCUT2D eigenvalue weighted by atomic mass is 9.74. The summed E-state index contributed by atoms with van der Waals surface area (Å²) in [6.07, 6.45) is 5.29. The molecule has 2 N–H and O–H groups in total. The Morgan fingerprint density at radius 1 is 1.52 bits per heavy atom. The molecule has 2 aliphatic heterocycles. The molecule has 0 radical (unpaired) electrons. The van der Waals surface area contributed by atoms with Gasteiger partial charge in [0.1, 0.15) is 0 Å². The quantitative estimate of drug-likeness (QED) is 0.897. The molecule has 21 heavy (non-hydrogen) atoms. The topological polar surface area (TPSA) is 57.3 Å². The summed E-state index contributed by atoms with van der Waals surface area (Å²) in [5.41, 5.74) is 1.55. The zero-order valence-corrected chi connectivity index (χ0v) is 13.5. The van der Waals surface area contributed by atoms with Crippen LogP contribution in [-0.2, 0) is 11.3 Å². The normalized spacial score (nSPS) is 26.9. The number of thiazole rings is 1. The smallest absolute Gasteiger partial charge is 0.223 e. The molecular formula is C15H24N4OS. The SMILES string of the molecule is CC(=O)Nc1nc(CN2CCCC3(CCCNC3)C2)cs1. The van der Waals surface area contributed by atoms with E-state index in [0.29, 0.717) is 10.5 Å². The molecule has 1 amide bonds. The summed E-state index contributed by atoms with van der Waals surface area (Å²) in [4.78, 5) is 18.1. The number of amides is 1. The Balaban J connectivity index is 1.59. The largest absolute Gasteiger partial charge is 0.316 e. The monoisotopic (exact) mass is 308 g/mol. The number of likely N-dealkylation sites (tertiary alicyclic amines) is 1. The summed E-state index contributed by atoms with van der Waals surface area (Å²) in [7, 11) is 0. The molecule has 1 unspecified atom stereocenters. The molecule has 5 nitrogen and oxygen atoms in total. The molecule has 1 aromatic heterocycles. The predicted octanol–water partition coefficient (Wildman–Crippen LogP) is 2.07. The summed E-state index contributed by atoms with van der Waals surface area (Å²) in [6, 6.07) is 0. The van der Waals surface area contributed by atoms with E-state index in [1.54, 1.807) is 0 Å². The molecular weight excluding hydrogens is 284 g/mol. The first-order chi connectivity index (χ1) is 10.2. The van der Waals surface area contributed by atoms with Gasteiger partial charge in [0.05, 0.1) is 5.69 Å². The number of anilines is 1. The number of nitrogens with one attached hydrogen (secondary N) is 2. The van der Waals surface area contributed by atoms with Gasteiger partial charge in [-0.15, -0.1) is 11.3 Å². The lowest BCUT2D eigenvalue weighted by Crippen LogP contribution is -2.50. The maximum atomic E-state index is 11.1. The maximum absolute atomic E-state index is 11.1. The molecule has 1 atom stereocenters. The molecule has 0 saturated carbocycles. The fourth-order valence-electron chi connectivity index (χ4n) is 3.64. The molecule has 2 fully saturated rings. The van der Waals surface area contributed by atoms with Crippen molar-refractivity contribution < 1.29 is 4.79 Å². The van der Waals surface area contributed by atoms with Crippen LogP contribution in [0.3, 0.4) is 0 Å². The van der Waals surface area contributed by atoms with Gasteiger partial charge in [-0.2, -0.15) is 0 Å². The second kappa shape index (κ2) is 6.42. The van der Waals surface area contributed by atoms with Gasteiger partial charge in [0, 0.05) is 31.9 Å². The van der Waals surface area contributed by atoms with Crippen LogP contribution in [-0.4, -0.2) is 42.0 Å². The van der Waals surface area contributed by atoms with Gasteiger partial charge >= 0.3 is 0 Å². The number of piperidine rings is 2.